The smallest absolute Gasteiger partial charge is 0.303 e. The minimum absolute atomic E-state index is 0.271. The number of carbonyl (C=O) groups is 1. The van der Waals surface area contributed by atoms with Crippen molar-refractivity contribution in [2.45, 2.75) is 75.7 Å². The molecule has 2 fully saturated rings. The Morgan fingerprint density at radius 1 is 0.968 bits per heavy atom. The van der Waals surface area contributed by atoms with Crippen molar-refractivity contribution < 1.29 is 14.6 Å². The van der Waals surface area contributed by atoms with Crippen LogP contribution in [0, 0.1) is 11.8 Å². The number of fused-ring (bicyclic) bond motifs is 2. The lowest BCUT2D eigenvalue weighted by atomic mass is 9.76. The van der Waals surface area contributed by atoms with E-state index in [1.807, 2.05) is 0 Å². The Morgan fingerprint density at radius 3 is 2.48 bits per heavy atom. The molecule has 0 radical (unpaired) electrons. The minimum atomic E-state index is -0.696. The fraction of sp³-hybridized carbons (Fsp3) is 0.654. The van der Waals surface area contributed by atoms with Crippen molar-refractivity contribution in [3.05, 3.63) is 48.0 Å². The molecule has 2 heterocycles. The van der Waals surface area contributed by atoms with E-state index in [0.717, 1.165) is 30.9 Å². The number of hydrogen-bond donors (Lipinski definition) is 1. The van der Waals surface area contributed by atoms with E-state index in [-0.39, 0.29) is 6.42 Å². The largest absolute Gasteiger partial charge is 0.481 e. The van der Waals surface area contributed by atoms with Gasteiger partial charge < -0.3 is 9.84 Å². The summed E-state index contributed by atoms with van der Waals surface area (Å²) in [6, 6.07) is 10.8. The summed E-state index contributed by atoms with van der Waals surface area (Å²) in [5, 5.41) is 8.72. The SMILES string of the molecule is O=C(O)CCCC=CC[C@@H]1[C@H](CCSCCCCSCc2ccccc2)[C@@H]2CC[C@H]1O2. The van der Waals surface area contributed by atoms with Crippen molar-refractivity contribution in [2.24, 2.45) is 11.8 Å². The van der Waals surface area contributed by atoms with Crippen LogP contribution < -0.4 is 0 Å². The number of benzene rings is 1. The standard InChI is InChI=1S/C26H38O3S2/c27-26(28)13-7-2-1-6-12-22-23(25-15-14-24(22)29-25)16-19-30-17-8-9-18-31-20-21-10-4-3-5-11-21/h1,3-6,10-11,22-25H,2,7-9,12-20H2,(H,27,28)/t22-,23+,24-,25+/m1/s1. The Balaban J connectivity index is 1.22. The van der Waals surface area contributed by atoms with Gasteiger partial charge in [0.1, 0.15) is 0 Å². The van der Waals surface area contributed by atoms with Crippen LogP contribution in [0.3, 0.4) is 0 Å². The van der Waals surface area contributed by atoms with Crippen molar-refractivity contribution >= 4 is 29.5 Å². The van der Waals surface area contributed by atoms with Crippen LogP contribution in [0.1, 0.15) is 63.4 Å². The number of carboxylic acid groups (broad SMARTS) is 1. The van der Waals surface area contributed by atoms with Gasteiger partial charge in [-0.1, -0.05) is 42.5 Å². The minimum Gasteiger partial charge on any atom is -0.481 e. The highest BCUT2D eigenvalue weighted by molar-refractivity contribution is 7.99. The van der Waals surface area contributed by atoms with E-state index in [1.54, 1.807) is 0 Å². The van der Waals surface area contributed by atoms with Gasteiger partial charge in [0.25, 0.3) is 0 Å². The Labute approximate surface area is 196 Å². The summed E-state index contributed by atoms with van der Waals surface area (Å²) in [5.41, 5.74) is 1.43. The highest BCUT2D eigenvalue weighted by Gasteiger charge is 2.47. The maximum atomic E-state index is 10.6. The third-order valence-corrected chi connectivity index (χ3v) is 8.68. The zero-order valence-corrected chi connectivity index (χ0v) is 20.3. The molecule has 0 aromatic heterocycles. The lowest BCUT2D eigenvalue weighted by Gasteiger charge is -2.27. The molecule has 1 aromatic rings. The summed E-state index contributed by atoms with van der Waals surface area (Å²) in [5.74, 6) is 5.62. The number of ether oxygens (including phenoxy) is 1. The number of thioether (sulfide) groups is 2. The molecule has 172 valence electrons. The van der Waals surface area contributed by atoms with Crippen LogP contribution >= 0.6 is 23.5 Å². The van der Waals surface area contributed by atoms with Gasteiger partial charge in [0.2, 0.25) is 0 Å². The molecule has 2 saturated heterocycles. The molecular formula is C26H38O3S2. The quantitative estimate of drug-likeness (QED) is 0.216. The maximum absolute atomic E-state index is 10.6. The van der Waals surface area contributed by atoms with E-state index in [0.29, 0.717) is 18.1 Å². The second kappa shape index (κ2) is 14.3. The Bertz CT molecular complexity index is 664. The van der Waals surface area contributed by atoms with Crippen LogP contribution in [0.2, 0.25) is 0 Å². The average molecular weight is 463 g/mol. The molecule has 0 unspecified atom stereocenters. The molecule has 5 heteroatoms. The van der Waals surface area contributed by atoms with E-state index in [4.69, 9.17) is 9.84 Å². The summed E-state index contributed by atoms with van der Waals surface area (Å²) in [6.07, 6.45) is 14.8. The first kappa shape index (κ1) is 24.7. The fourth-order valence-electron chi connectivity index (χ4n) is 4.83. The number of rotatable bonds is 16. The molecule has 1 aromatic carbocycles. The van der Waals surface area contributed by atoms with Gasteiger partial charge in [-0.15, -0.1) is 0 Å². The summed E-state index contributed by atoms with van der Waals surface area (Å²) in [6.45, 7) is 0. The molecule has 0 aliphatic carbocycles. The highest BCUT2D eigenvalue weighted by Crippen LogP contribution is 2.47. The van der Waals surface area contributed by atoms with Crippen LogP contribution in [0.4, 0.5) is 0 Å². The van der Waals surface area contributed by atoms with E-state index < -0.39 is 5.97 Å². The Morgan fingerprint density at radius 2 is 1.71 bits per heavy atom. The Kier molecular flexibility index (Phi) is 11.4. The molecule has 2 aliphatic heterocycles. The predicted octanol–water partition coefficient (Wildman–Crippen LogP) is 6.82. The van der Waals surface area contributed by atoms with Crippen molar-refractivity contribution in [3.8, 4) is 0 Å². The predicted molar refractivity (Wildman–Crippen MR) is 134 cm³/mol. The summed E-state index contributed by atoms with van der Waals surface area (Å²) >= 11 is 4.17. The molecule has 0 spiro atoms. The molecule has 2 bridgehead atoms. The number of aliphatic carboxylic acids is 1. The lowest BCUT2D eigenvalue weighted by Crippen LogP contribution is -2.27. The molecule has 0 amide bonds. The molecule has 3 nitrogen and oxygen atoms in total. The van der Waals surface area contributed by atoms with Gasteiger partial charge in [-0.2, -0.15) is 23.5 Å². The number of carboxylic acids is 1. The van der Waals surface area contributed by atoms with Gasteiger partial charge in [0.05, 0.1) is 12.2 Å². The highest BCUT2D eigenvalue weighted by atomic mass is 32.2. The van der Waals surface area contributed by atoms with Gasteiger partial charge in [0, 0.05) is 12.2 Å². The second-order valence-corrected chi connectivity index (χ2v) is 11.1. The van der Waals surface area contributed by atoms with Crippen LogP contribution in [0.15, 0.2) is 42.5 Å². The molecule has 0 saturated carbocycles. The monoisotopic (exact) mass is 462 g/mol. The number of hydrogen-bond acceptors (Lipinski definition) is 4. The zero-order chi connectivity index (χ0) is 21.7. The molecular weight excluding hydrogens is 424 g/mol. The first-order chi connectivity index (χ1) is 15.2. The van der Waals surface area contributed by atoms with E-state index >= 15 is 0 Å². The van der Waals surface area contributed by atoms with Gasteiger partial charge in [0.15, 0.2) is 0 Å². The summed E-state index contributed by atoms with van der Waals surface area (Å²) in [4.78, 5) is 10.6. The first-order valence-electron chi connectivity index (χ1n) is 12.0. The van der Waals surface area contributed by atoms with E-state index in [1.165, 1.54) is 54.9 Å². The van der Waals surface area contributed by atoms with Crippen LogP contribution in [-0.4, -0.2) is 40.5 Å². The fourth-order valence-corrected chi connectivity index (χ4v) is 6.87. The average Bonchev–Trinajstić information content (AvgIpc) is 3.37. The van der Waals surface area contributed by atoms with Crippen molar-refractivity contribution in [1.82, 2.24) is 0 Å². The van der Waals surface area contributed by atoms with E-state index in [2.05, 4.69) is 66.0 Å². The molecule has 31 heavy (non-hydrogen) atoms. The van der Waals surface area contributed by atoms with Gasteiger partial charge in [-0.3, -0.25) is 4.79 Å². The van der Waals surface area contributed by atoms with Crippen molar-refractivity contribution in [3.63, 3.8) is 0 Å². The van der Waals surface area contributed by atoms with Crippen molar-refractivity contribution in [1.29, 1.82) is 0 Å². The first-order valence-corrected chi connectivity index (χ1v) is 14.3. The molecule has 2 aliphatic rings. The van der Waals surface area contributed by atoms with Crippen molar-refractivity contribution in [2.75, 3.05) is 17.3 Å². The molecule has 4 atom stereocenters. The van der Waals surface area contributed by atoms with Crippen LogP contribution in [0.25, 0.3) is 0 Å². The van der Waals surface area contributed by atoms with Crippen LogP contribution in [0.5, 0.6) is 0 Å². The lowest BCUT2D eigenvalue weighted by molar-refractivity contribution is -0.137. The maximum Gasteiger partial charge on any atom is 0.303 e. The number of allylic oxidation sites excluding steroid dienone is 2. The molecule has 1 N–H and O–H groups in total. The van der Waals surface area contributed by atoms with Gasteiger partial charge in [-0.05, 0) is 86.0 Å². The van der Waals surface area contributed by atoms with Gasteiger partial charge in [-0.25, -0.2) is 0 Å². The third kappa shape index (κ3) is 8.86. The topological polar surface area (TPSA) is 46.5 Å². The van der Waals surface area contributed by atoms with E-state index in [9.17, 15) is 4.79 Å². The Hall–Kier alpha value is -0.910. The zero-order valence-electron chi connectivity index (χ0n) is 18.6. The summed E-state index contributed by atoms with van der Waals surface area (Å²) < 4.78 is 6.24. The second-order valence-electron chi connectivity index (χ2n) is 8.76. The third-order valence-electron chi connectivity index (χ3n) is 6.46. The van der Waals surface area contributed by atoms with Gasteiger partial charge >= 0.3 is 5.97 Å². The summed E-state index contributed by atoms with van der Waals surface area (Å²) in [7, 11) is 0. The molecule has 3 rings (SSSR count). The number of unbranched alkanes of at least 4 members (excludes halogenated alkanes) is 2. The normalized spacial score (nSPS) is 24.9. The van der Waals surface area contributed by atoms with Crippen LogP contribution in [-0.2, 0) is 15.3 Å².